The molecule has 1 aromatic heterocycles. The Kier molecular flexibility index (Phi) is 9.50. The quantitative estimate of drug-likeness (QED) is 0.230. The summed E-state index contributed by atoms with van der Waals surface area (Å²) in [4.78, 5) is 28.0. The monoisotopic (exact) mass is 565 g/mol. The van der Waals surface area contributed by atoms with Gasteiger partial charge in [0.1, 0.15) is 11.6 Å². The van der Waals surface area contributed by atoms with Gasteiger partial charge in [-0.25, -0.2) is 18.0 Å². The number of nitrogens with zero attached hydrogens (tertiary/aromatic N) is 2. The average Bonchev–Trinajstić information content (AvgIpc) is 2.95. The molecule has 0 saturated carbocycles. The van der Waals surface area contributed by atoms with E-state index in [4.69, 9.17) is 4.74 Å². The number of rotatable bonds is 11. The second-order valence-electron chi connectivity index (χ2n) is 9.98. The zero-order valence-electron chi connectivity index (χ0n) is 23.6. The number of aryl methyl sites for hydroxylation is 1. The van der Waals surface area contributed by atoms with Crippen LogP contribution in [0.2, 0.25) is 0 Å². The Hall–Kier alpha value is -4.11. The number of halogens is 3. The van der Waals surface area contributed by atoms with Gasteiger partial charge in [-0.1, -0.05) is 55.8 Å². The third-order valence-corrected chi connectivity index (χ3v) is 7.38. The number of aromatic nitrogens is 2. The van der Waals surface area contributed by atoms with Crippen molar-refractivity contribution >= 4 is 0 Å². The van der Waals surface area contributed by atoms with Gasteiger partial charge in [0, 0.05) is 22.4 Å². The van der Waals surface area contributed by atoms with Crippen molar-refractivity contribution in [3.63, 3.8) is 0 Å². The van der Waals surface area contributed by atoms with Crippen LogP contribution in [0.1, 0.15) is 48.2 Å². The van der Waals surface area contributed by atoms with E-state index < -0.39 is 34.7 Å². The van der Waals surface area contributed by atoms with Crippen LogP contribution < -0.4 is 21.3 Å². The Morgan fingerprint density at radius 3 is 2.29 bits per heavy atom. The first kappa shape index (κ1) is 29.9. The van der Waals surface area contributed by atoms with Gasteiger partial charge in [0.15, 0.2) is 11.6 Å². The first-order valence-corrected chi connectivity index (χ1v) is 13.6. The highest BCUT2D eigenvalue weighted by atomic mass is 19.1. The van der Waals surface area contributed by atoms with Crippen LogP contribution in [-0.4, -0.2) is 22.8 Å². The minimum absolute atomic E-state index is 0.0546. The molecule has 0 amide bonds. The van der Waals surface area contributed by atoms with Crippen LogP contribution >= 0.6 is 0 Å². The van der Waals surface area contributed by atoms with Crippen LogP contribution in [-0.2, 0) is 13.1 Å². The van der Waals surface area contributed by atoms with E-state index >= 15 is 4.39 Å². The molecule has 0 aliphatic carbocycles. The lowest BCUT2D eigenvalue weighted by Crippen LogP contribution is -2.45. The zero-order chi connectivity index (χ0) is 29.7. The molecule has 0 bridgehead atoms. The number of nitrogens with one attached hydrogen (secondary N) is 1. The minimum Gasteiger partial charge on any atom is -0.494 e. The Bertz CT molecular complexity index is 1640. The van der Waals surface area contributed by atoms with E-state index in [-0.39, 0.29) is 41.2 Å². The maximum Gasteiger partial charge on any atom is 0.331 e. The summed E-state index contributed by atoms with van der Waals surface area (Å²) in [7, 11) is 1.32. The number of hydrogen-bond donors (Lipinski definition) is 1. The summed E-state index contributed by atoms with van der Waals surface area (Å²) < 4.78 is 52.8. The molecule has 1 N–H and O–H groups in total. The van der Waals surface area contributed by atoms with Gasteiger partial charge in [0.05, 0.1) is 31.8 Å². The normalized spacial score (nSPS) is 12.0. The first-order chi connectivity index (χ1) is 19.7. The van der Waals surface area contributed by atoms with Gasteiger partial charge in [-0.15, -0.1) is 0 Å². The number of hydrogen-bond acceptors (Lipinski definition) is 4. The predicted octanol–water partition coefficient (Wildman–Crippen LogP) is 5.90. The Balaban J connectivity index is 1.98. The maximum atomic E-state index is 15.5. The van der Waals surface area contributed by atoms with Gasteiger partial charge >= 0.3 is 5.69 Å². The van der Waals surface area contributed by atoms with Crippen molar-refractivity contribution in [2.24, 2.45) is 0 Å². The van der Waals surface area contributed by atoms with Crippen molar-refractivity contribution < 1.29 is 17.9 Å². The predicted molar refractivity (Wildman–Crippen MR) is 154 cm³/mol. The summed E-state index contributed by atoms with van der Waals surface area (Å²) in [5.41, 5.74) is -0.203. The molecule has 4 rings (SSSR count). The SMILES string of the molecule is CCCCN[C@@H](Cn1c(=O)c(-c2cccc(OC)c2F)c(C)n(Cc2c(C)cccc2F)c1=O)c1ccccc1F. The summed E-state index contributed by atoms with van der Waals surface area (Å²) in [6, 6.07) is 14.4. The molecular weight excluding hydrogens is 531 g/mol. The number of benzene rings is 3. The lowest BCUT2D eigenvalue weighted by atomic mass is 10.0. The fraction of sp³-hybridized carbons (Fsp3) is 0.312. The van der Waals surface area contributed by atoms with E-state index in [2.05, 4.69) is 5.32 Å². The largest absolute Gasteiger partial charge is 0.494 e. The molecule has 0 spiro atoms. The second-order valence-corrected chi connectivity index (χ2v) is 9.98. The van der Waals surface area contributed by atoms with E-state index in [1.165, 1.54) is 42.9 Å². The van der Waals surface area contributed by atoms with E-state index in [9.17, 15) is 18.4 Å². The minimum atomic E-state index is -0.763. The first-order valence-electron chi connectivity index (χ1n) is 13.6. The van der Waals surface area contributed by atoms with Gasteiger partial charge in [0.2, 0.25) is 0 Å². The highest BCUT2D eigenvalue weighted by Gasteiger charge is 2.25. The van der Waals surface area contributed by atoms with Crippen molar-refractivity contribution in [2.75, 3.05) is 13.7 Å². The van der Waals surface area contributed by atoms with Crippen LogP contribution in [0.25, 0.3) is 11.1 Å². The average molecular weight is 566 g/mol. The van der Waals surface area contributed by atoms with Crippen LogP contribution in [0.15, 0.2) is 70.3 Å². The number of methoxy groups -OCH3 is 1. The Morgan fingerprint density at radius 2 is 1.61 bits per heavy atom. The number of ether oxygens (including phenoxy) is 1. The molecule has 0 saturated heterocycles. The van der Waals surface area contributed by atoms with Gasteiger partial charge in [-0.05, 0) is 50.6 Å². The molecule has 0 radical (unpaired) electrons. The molecule has 41 heavy (non-hydrogen) atoms. The Morgan fingerprint density at radius 1 is 0.902 bits per heavy atom. The van der Waals surface area contributed by atoms with Crippen molar-refractivity contribution in [3.05, 3.63) is 121 Å². The summed E-state index contributed by atoms with van der Waals surface area (Å²) in [5.74, 6) is -1.82. The van der Waals surface area contributed by atoms with E-state index in [0.29, 0.717) is 17.7 Å². The molecule has 0 unspecified atom stereocenters. The summed E-state index contributed by atoms with van der Waals surface area (Å²) >= 11 is 0. The van der Waals surface area contributed by atoms with Crippen molar-refractivity contribution in [2.45, 2.75) is 52.7 Å². The molecular formula is C32H34F3N3O3. The second kappa shape index (κ2) is 13.0. The fourth-order valence-electron chi connectivity index (χ4n) is 5.01. The van der Waals surface area contributed by atoms with E-state index in [1.54, 1.807) is 43.3 Å². The molecule has 1 heterocycles. The van der Waals surface area contributed by atoms with Crippen molar-refractivity contribution in [1.29, 1.82) is 0 Å². The molecule has 0 aliphatic rings. The van der Waals surface area contributed by atoms with Crippen LogP contribution in [0.3, 0.4) is 0 Å². The third kappa shape index (κ3) is 6.15. The zero-order valence-corrected chi connectivity index (χ0v) is 23.6. The molecule has 1 atom stereocenters. The standard InChI is InChI=1S/C32H34F3N3O3/c1-5-6-17-36-27(22-12-7-8-14-25(22)33)19-38-31(39)29(23-13-10-16-28(41-4)30(23)35)21(3)37(32(38)40)18-24-20(2)11-9-15-26(24)34/h7-16,27,36H,5-6,17-19H2,1-4H3/t27-/m0/s1. The molecule has 4 aromatic rings. The van der Waals surface area contributed by atoms with Crippen molar-refractivity contribution in [3.8, 4) is 16.9 Å². The summed E-state index contributed by atoms with van der Waals surface area (Å²) in [6.07, 6.45) is 1.68. The summed E-state index contributed by atoms with van der Waals surface area (Å²) in [6.45, 7) is 5.39. The van der Waals surface area contributed by atoms with Crippen LogP contribution in [0.5, 0.6) is 5.75 Å². The molecule has 0 fully saturated rings. The lowest BCUT2D eigenvalue weighted by molar-refractivity contribution is 0.387. The fourth-order valence-corrected chi connectivity index (χ4v) is 5.01. The van der Waals surface area contributed by atoms with Gasteiger partial charge in [0.25, 0.3) is 5.56 Å². The highest BCUT2D eigenvalue weighted by Crippen LogP contribution is 2.29. The van der Waals surface area contributed by atoms with Gasteiger partial charge in [-0.3, -0.25) is 13.9 Å². The molecule has 6 nitrogen and oxygen atoms in total. The number of unbranched alkanes of at least 4 members (excludes halogenated alkanes) is 1. The van der Waals surface area contributed by atoms with Gasteiger partial charge in [-0.2, -0.15) is 0 Å². The molecule has 216 valence electrons. The third-order valence-electron chi connectivity index (χ3n) is 7.38. The molecule has 3 aromatic carbocycles. The van der Waals surface area contributed by atoms with Crippen LogP contribution in [0.4, 0.5) is 13.2 Å². The Labute approximate surface area is 237 Å². The molecule has 9 heteroatoms. The van der Waals surface area contributed by atoms with Crippen LogP contribution in [0, 0.1) is 31.3 Å². The van der Waals surface area contributed by atoms with Crippen molar-refractivity contribution in [1.82, 2.24) is 14.5 Å². The van der Waals surface area contributed by atoms with Gasteiger partial charge < -0.3 is 10.1 Å². The lowest BCUT2D eigenvalue weighted by Gasteiger charge is -2.23. The molecule has 0 aliphatic heterocycles. The maximum absolute atomic E-state index is 15.5. The van der Waals surface area contributed by atoms with E-state index in [1.807, 2.05) is 6.92 Å². The smallest absolute Gasteiger partial charge is 0.331 e. The van der Waals surface area contributed by atoms with E-state index in [0.717, 1.165) is 17.4 Å². The highest BCUT2D eigenvalue weighted by molar-refractivity contribution is 5.67. The summed E-state index contributed by atoms with van der Waals surface area (Å²) in [5, 5.41) is 3.27. The topological polar surface area (TPSA) is 65.3 Å².